The Kier molecular flexibility index (Phi) is 3.44. The average molecular weight is 354 g/mol. The van der Waals surface area contributed by atoms with Gasteiger partial charge in [0.25, 0.3) is 0 Å². The molecule has 0 saturated heterocycles. The molecule has 2 aromatic heterocycles. The molecule has 1 nitrogen and oxygen atoms in total. The fourth-order valence-electron chi connectivity index (χ4n) is 1.11. The molecule has 2 rings (SSSR count). The zero-order chi connectivity index (χ0) is 10.1. The quantitative estimate of drug-likeness (QED) is 0.847. The summed E-state index contributed by atoms with van der Waals surface area (Å²) in [7, 11) is 0. The van der Waals surface area contributed by atoms with Gasteiger partial charge in [0.1, 0.15) is 6.10 Å². The van der Waals surface area contributed by atoms with Crippen molar-refractivity contribution >= 4 is 54.5 Å². The number of thiophene rings is 2. The zero-order valence-electron chi connectivity index (χ0n) is 6.91. The highest BCUT2D eigenvalue weighted by Gasteiger charge is 2.15. The van der Waals surface area contributed by atoms with E-state index in [2.05, 4.69) is 31.9 Å². The van der Waals surface area contributed by atoms with Crippen LogP contribution in [-0.4, -0.2) is 5.11 Å². The SMILES string of the molecule is OC(c1ccc(Br)s1)c1cscc1Br. The van der Waals surface area contributed by atoms with Gasteiger partial charge in [0, 0.05) is 20.3 Å². The molecule has 0 amide bonds. The van der Waals surface area contributed by atoms with Crippen molar-refractivity contribution in [1.29, 1.82) is 0 Å². The third kappa shape index (κ3) is 2.12. The summed E-state index contributed by atoms with van der Waals surface area (Å²) in [6, 6.07) is 3.88. The zero-order valence-corrected chi connectivity index (χ0v) is 11.7. The number of aliphatic hydroxyl groups excluding tert-OH is 1. The molecule has 0 saturated carbocycles. The summed E-state index contributed by atoms with van der Waals surface area (Å²) < 4.78 is 2.01. The number of rotatable bonds is 2. The molecule has 74 valence electrons. The van der Waals surface area contributed by atoms with E-state index in [9.17, 15) is 5.11 Å². The van der Waals surface area contributed by atoms with E-state index in [-0.39, 0.29) is 0 Å². The van der Waals surface area contributed by atoms with Crippen molar-refractivity contribution in [2.75, 3.05) is 0 Å². The number of aliphatic hydroxyl groups is 1. The summed E-state index contributed by atoms with van der Waals surface area (Å²) in [5.74, 6) is 0. The minimum atomic E-state index is -0.521. The van der Waals surface area contributed by atoms with E-state index < -0.39 is 6.10 Å². The van der Waals surface area contributed by atoms with Crippen molar-refractivity contribution in [3.63, 3.8) is 0 Å². The van der Waals surface area contributed by atoms with Gasteiger partial charge in [-0.25, -0.2) is 0 Å². The van der Waals surface area contributed by atoms with Crippen molar-refractivity contribution < 1.29 is 5.11 Å². The van der Waals surface area contributed by atoms with Gasteiger partial charge in [-0.3, -0.25) is 0 Å². The predicted octanol–water partition coefficient (Wildman–Crippen LogP) is 4.42. The average Bonchev–Trinajstić information content (AvgIpc) is 2.73. The van der Waals surface area contributed by atoms with Crippen LogP contribution in [0.25, 0.3) is 0 Å². The fraction of sp³-hybridized carbons (Fsp3) is 0.111. The molecule has 0 aliphatic heterocycles. The third-order valence-electron chi connectivity index (χ3n) is 1.80. The highest BCUT2D eigenvalue weighted by molar-refractivity contribution is 9.11. The van der Waals surface area contributed by atoms with E-state index in [1.165, 1.54) is 0 Å². The maximum Gasteiger partial charge on any atom is 0.115 e. The lowest BCUT2D eigenvalue weighted by Gasteiger charge is -2.06. The van der Waals surface area contributed by atoms with Gasteiger partial charge in [0.2, 0.25) is 0 Å². The molecule has 0 bridgehead atoms. The molecule has 0 aliphatic carbocycles. The van der Waals surface area contributed by atoms with Crippen molar-refractivity contribution in [3.8, 4) is 0 Å². The molecular formula is C9H6Br2OS2. The van der Waals surface area contributed by atoms with Gasteiger partial charge < -0.3 is 5.11 Å². The van der Waals surface area contributed by atoms with Crippen LogP contribution >= 0.6 is 54.5 Å². The fourth-order valence-corrected chi connectivity index (χ4v) is 4.08. The lowest BCUT2D eigenvalue weighted by atomic mass is 10.2. The van der Waals surface area contributed by atoms with Crippen LogP contribution < -0.4 is 0 Å². The standard InChI is InChI=1S/C9H6Br2OS2/c10-6-4-13-3-5(6)9(12)7-1-2-8(11)14-7/h1-4,9,12H. The summed E-state index contributed by atoms with van der Waals surface area (Å²) in [4.78, 5) is 0.955. The summed E-state index contributed by atoms with van der Waals surface area (Å²) in [5, 5.41) is 14.0. The van der Waals surface area contributed by atoms with Gasteiger partial charge >= 0.3 is 0 Å². The topological polar surface area (TPSA) is 20.2 Å². The second-order valence-electron chi connectivity index (χ2n) is 2.72. The number of hydrogen-bond acceptors (Lipinski definition) is 3. The second-order valence-corrected chi connectivity index (χ2v) is 6.81. The molecule has 14 heavy (non-hydrogen) atoms. The van der Waals surface area contributed by atoms with E-state index in [0.29, 0.717) is 0 Å². The Morgan fingerprint density at radius 3 is 2.50 bits per heavy atom. The van der Waals surface area contributed by atoms with E-state index in [1.807, 2.05) is 22.9 Å². The first-order valence-electron chi connectivity index (χ1n) is 3.83. The molecule has 2 aromatic rings. The maximum atomic E-state index is 10.0. The molecule has 1 N–H and O–H groups in total. The molecule has 5 heteroatoms. The largest absolute Gasteiger partial charge is 0.383 e. The van der Waals surface area contributed by atoms with Crippen LogP contribution in [0.15, 0.2) is 31.2 Å². The van der Waals surface area contributed by atoms with Crippen molar-refractivity contribution in [2.24, 2.45) is 0 Å². The minimum absolute atomic E-state index is 0.521. The second kappa shape index (κ2) is 4.45. The first kappa shape index (κ1) is 10.8. The lowest BCUT2D eigenvalue weighted by Crippen LogP contribution is -1.95. The normalized spacial score (nSPS) is 13.1. The Balaban J connectivity index is 2.33. The van der Waals surface area contributed by atoms with Crippen LogP contribution in [0.2, 0.25) is 0 Å². The molecule has 0 spiro atoms. The molecule has 1 atom stereocenters. The van der Waals surface area contributed by atoms with E-state index in [0.717, 1.165) is 18.7 Å². The van der Waals surface area contributed by atoms with E-state index >= 15 is 0 Å². The minimum Gasteiger partial charge on any atom is -0.383 e. The van der Waals surface area contributed by atoms with Gasteiger partial charge in [-0.05, 0) is 49.4 Å². The van der Waals surface area contributed by atoms with Crippen molar-refractivity contribution in [2.45, 2.75) is 6.10 Å². The highest BCUT2D eigenvalue weighted by Crippen LogP contribution is 2.35. The van der Waals surface area contributed by atoms with Crippen molar-refractivity contribution in [3.05, 3.63) is 41.6 Å². The monoisotopic (exact) mass is 352 g/mol. The van der Waals surface area contributed by atoms with Gasteiger partial charge in [-0.1, -0.05) is 0 Å². The van der Waals surface area contributed by atoms with Crippen LogP contribution in [0.1, 0.15) is 16.5 Å². The van der Waals surface area contributed by atoms with Crippen molar-refractivity contribution in [1.82, 2.24) is 0 Å². The number of halogens is 2. The predicted molar refractivity (Wildman–Crippen MR) is 68.1 cm³/mol. The Labute approximate surface area is 107 Å². The van der Waals surface area contributed by atoms with Crippen LogP contribution in [0, 0.1) is 0 Å². The van der Waals surface area contributed by atoms with Gasteiger partial charge in [0.05, 0.1) is 3.79 Å². The Hall–Kier alpha value is 0.320. The van der Waals surface area contributed by atoms with E-state index in [4.69, 9.17) is 0 Å². The lowest BCUT2D eigenvalue weighted by molar-refractivity contribution is 0.224. The van der Waals surface area contributed by atoms with Crippen LogP contribution in [-0.2, 0) is 0 Å². The highest BCUT2D eigenvalue weighted by atomic mass is 79.9. The van der Waals surface area contributed by atoms with Gasteiger partial charge in [-0.2, -0.15) is 11.3 Å². The van der Waals surface area contributed by atoms with Crippen LogP contribution in [0.4, 0.5) is 0 Å². The first-order valence-corrected chi connectivity index (χ1v) is 7.18. The molecule has 0 fully saturated rings. The molecular weight excluding hydrogens is 348 g/mol. The molecule has 0 aromatic carbocycles. The van der Waals surface area contributed by atoms with E-state index in [1.54, 1.807) is 22.7 Å². The molecule has 2 heterocycles. The maximum absolute atomic E-state index is 10.0. The Morgan fingerprint density at radius 1 is 1.21 bits per heavy atom. The Morgan fingerprint density at radius 2 is 2.00 bits per heavy atom. The Bertz CT molecular complexity index is 435. The summed E-state index contributed by atoms with van der Waals surface area (Å²) in [5.41, 5.74) is 0.935. The first-order chi connectivity index (χ1) is 6.68. The summed E-state index contributed by atoms with van der Waals surface area (Å²) >= 11 is 9.93. The molecule has 0 aliphatic rings. The third-order valence-corrected chi connectivity index (χ3v) is 5.23. The number of hydrogen-bond donors (Lipinski definition) is 1. The summed E-state index contributed by atoms with van der Waals surface area (Å²) in [6.07, 6.45) is -0.521. The molecule has 0 radical (unpaired) electrons. The van der Waals surface area contributed by atoms with Gasteiger partial charge in [0.15, 0.2) is 0 Å². The van der Waals surface area contributed by atoms with Crippen LogP contribution in [0.3, 0.4) is 0 Å². The van der Waals surface area contributed by atoms with Gasteiger partial charge in [-0.15, -0.1) is 11.3 Å². The molecule has 1 unspecified atom stereocenters. The van der Waals surface area contributed by atoms with Crippen LogP contribution in [0.5, 0.6) is 0 Å². The summed E-state index contributed by atoms with van der Waals surface area (Å²) in [6.45, 7) is 0. The smallest absolute Gasteiger partial charge is 0.115 e.